The second-order valence-corrected chi connectivity index (χ2v) is 3.52. The van der Waals surface area contributed by atoms with E-state index in [2.05, 4.69) is 0 Å². The van der Waals surface area contributed by atoms with E-state index in [1.807, 2.05) is 0 Å². The molecule has 0 bridgehead atoms. The Hall–Kier alpha value is -2.10. The molecule has 0 aliphatic heterocycles. The minimum absolute atomic E-state index is 0.184. The summed E-state index contributed by atoms with van der Waals surface area (Å²) in [4.78, 5) is 22.0. The fourth-order valence-corrected chi connectivity index (χ4v) is 1.43. The lowest BCUT2D eigenvalue weighted by Crippen LogP contribution is -2.01. The van der Waals surface area contributed by atoms with E-state index in [4.69, 9.17) is 9.47 Å². The molecule has 0 saturated heterocycles. The van der Waals surface area contributed by atoms with Crippen LogP contribution in [0.5, 0.6) is 5.75 Å². The summed E-state index contributed by atoms with van der Waals surface area (Å²) in [5.41, 5.74) is 1.27. The number of methoxy groups -OCH3 is 1. The van der Waals surface area contributed by atoms with Crippen molar-refractivity contribution in [3.05, 3.63) is 35.4 Å². The van der Waals surface area contributed by atoms with Crippen LogP contribution in [-0.4, -0.2) is 26.0 Å². The lowest BCUT2D eigenvalue weighted by molar-refractivity contribution is -0.142. The number of benzene rings is 1. The van der Waals surface area contributed by atoms with Gasteiger partial charge in [0.2, 0.25) is 0 Å². The monoisotopic (exact) mass is 248 g/mol. The van der Waals surface area contributed by atoms with Gasteiger partial charge < -0.3 is 9.47 Å². The van der Waals surface area contributed by atoms with Gasteiger partial charge in [0.25, 0.3) is 0 Å². The van der Waals surface area contributed by atoms with Crippen molar-refractivity contribution in [2.45, 2.75) is 13.3 Å². The first-order valence-corrected chi connectivity index (χ1v) is 5.66. The number of hydrogen-bond acceptors (Lipinski definition) is 4. The molecule has 1 rings (SSSR count). The molecule has 18 heavy (non-hydrogen) atoms. The number of aldehydes is 1. The summed E-state index contributed by atoms with van der Waals surface area (Å²) >= 11 is 0. The molecule has 0 aliphatic rings. The fraction of sp³-hybridized carbons (Fsp3) is 0.286. The minimum atomic E-state index is -0.288. The van der Waals surface area contributed by atoms with Gasteiger partial charge in [0.15, 0.2) is 6.29 Å². The molecule has 0 radical (unpaired) electrons. The quantitative estimate of drug-likeness (QED) is 0.573. The predicted molar refractivity (Wildman–Crippen MR) is 68.7 cm³/mol. The Morgan fingerprint density at radius 1 is 1.33 bits per heavy atom. The Morgan fingerprint density at radius 3 is 2.72 bits per heavy atom. The highest BCUT2D eigenvalue weighted by atomic mass is 16.5. The third-order valence-electron chi connectivity index (χ3n) is 2.31. The zero-order valence-electron chi connectivity index (χ0n) is 10.5. The van der Waals surface area contributed by atoms with Crippen LogP contribution < -0.4 is 4.74 Å². The van der Waals surface area contributed by atoms with E-state index in [0.29, 0.717) is 23.5 Å². The summed E-state index contributed by atoms with van der Waals surface area (Å²) < 4.78 is 9.88. The van der Waals surface area contributed by atoms with Crippen molar-refractivity contribution in [1.82, 2.24) is 0 Å². The van der Waals surface area contributed by atoms with Crippen LogP contribution in [0.3, 0.4) is 0 Å². The van der Waals surface area contributed by atoms with Crippen LogP contribution in [0.1, 0.15) is 29.3 Å². The van der Waals surface area contributed by atoms with Gasteiger partial charge >= 0.3 is 5.97 Å². The first kappa shape index (κ1) is 14.0. The van der Waals surface area contributed by atoms with Crippen LogP contribution in [0.4, 0.5) is 0 Å². The molecule has 4 heteroatoms. The van der Waals surface area contributed by atoms with E-state index in [-0.39, 0.29) is 12.4 Å². The molecule has 0 spiro atoms. The molecule has 1 aromatic rings. The van der Waals surface area contributed by atoms with E-state index in [1.165, 1.54) is 0 Å². The molecule has 4 nitrogen and oxygen atoms in total. The van der Waals surface area contributed by atoms with Crippen LogP contribution in [0.15, 0.2) is 24.3 Å². The smallest absolute Gasteiger partial charge is 0.309 e. The molecule has 0 atom stereocenters. The second kappa shape index (κ2) is 7.27. The highest BCUT2D eigenvalue weighted by molar-refractivity contribution is 5.83. The number of esters is 1. The summed E-state index contributed by atoms with van der Waals surface area (Å²) in [5.74, 6) is 0.376. The van der Waals surface area contributed by atoms with Gasteiger partial charge in [-0.3, -0.25) is 9.59 Å². The van der Waals surface area contributed by atoms with E-state index in [9.17, 15) is 9.59 Å². The van der Waals surface area contributed by atoms with Crippen molar-refractivity contribution < 1.29 is 19.1 Å². The van der Waals surface area contributed by atoms with Crippen LogP contribution in [-0.2, 0) is 9.53 Å². The lowest BCUT2D eigenvalue weighted by Gasteiger charge is -2.03. The number of carbonyl (C=O) groups is 2. The Bertz CT molecular complexity index is 449. The minimum Gasteiger partial charge on any atom is -0.497 e. The Morgan fingerprint density at radius 2 is 2.11 bits per heavy atom. The average molecular weight is 248 g/mol. The highest BCUT2D eigenvalue weighted by Crippen LogP contribution is 2.18. The SMILES string of the molecule is CCOC(=O)CC=Cc1cc(OC)ccc1C=O. The molecule has 1 aromatic carbocycles. The molecular weight excluding hydrogens is 232 g/mol. The molecule has 0 unspecified atom stereocenters. The van der Waals surface area contributed by atoms with Crippen molar-refractivity contribution in [3.8, 4) is 5.75 Å². The first-order valence-electron chi connectivity index (χ1n) is 5.66. The normalized spacial score (nSPS) is 10.3. The Kier molecular flexibility index (Phi) is 5.64. The molecule has 0 saturated carbocycles. The number of carbonyl (C=O) groups excluding carboxylic acids is 2. The van der Waals surface area contributed by atoms with Crippen molar-refractivity contribution in [1.29, 1.82) is 0 Å². The van der Waals surface area contributed by atoms with Crippen molar-refractivity contribution >= 4 is 18.3 Å². The lowest BCUT2D eigenvalue weighted by atomic mass is 10.1. The standard InChI is InChI=1S/C14H16O4/c1-3-18-14(16)6-4-5-11-9-13(17-2)8-7-12(11)10-15/h4-5,7-10H,3,6H2,1-2H3. The largest absolute Gasteiger partial charge is 0.497 e. The average Bonchev–Trinajstić information content (AvgIpc) is 2.39. The maximum absolute atomic E-state index is 11.1. The summed E-state index contributed by atoms with van der Waals surface area (Å²) in [6.45, 7) is 2.12. The van der Waals surface area contributed by atoms with Crippen molar-refractivity contribution in [2.24, 2.45) is 0 Å². The van der Waals surface area contributed by atoms with Crippen LogP contribution in [0.2, 0.25) is 0 Å². The number of rotatable bonds is 6. The fourth-order valence-electron chi connectivity index (χ4n) is 1.43. The van der Waals surface area contributed by atoms with Crippen LogP contribution in [0.25, 0.3) is 6.08 Å². The van der Waals surface area contributed by atoms with Crippen LogP contribution in [0, 0.1) is 0 Å². The topological polar surface area (TPSA) is 52.6 Å². The maximum atomic E-state index is 11.1. The van der Waals surface area contributed by atoms with E-state index < -0.39 is 0 Å². The van der Waals surface area contributed by atoms with Gasteiger partial charge in [-0.1, -0.05) is 12.2 Å². The molecular formula is C14H16O4. The molecule has 0 amide bonds. The summed E-state index contributed by atoms with van der Waals surface area (Å²) in [6, 6.07) is 5.13. The zero-order valence-corrected chi connectivity index (χ0v) is 10.5. The van der Waals surface area contributed by atoms with Gasteiger partial charge in [-0.05, 0) is 30.7 Å². The first-order chi connectivity index (χ1) is 8.71. The van der Waals surface area contributed by atoms with Crippen molar-refractivity contribution in [2.75, 3.05) is 13.7 Å². The van der Waals surface area contributed by atoms with Crippen LogP contribution >= 0.6 is 0 Å². The third-order valence-corrected chi connectivity index (χ3v) is 2.31. The third kappa shape index (κ3) is 4.05. The summed E-state index contributed by atoms with van der Waals surface area (Å²) in [6.07, 6.45) is 4.33. The van der Waals surface area contributed by atoms with Gasteiger partial charge in [0.1, 0.15) is 5.75 Å². The zero-order chi connectivity index (χ0) is 13.4. The summed E-state index contributed by atoms with van der Waals surface area (Å²) in [7, 11) is 1.56. The van der Waals surface area contributed by atoms with E-state index in [0.717, 1.165) is 6.29 Å². The van der Waals surface area contributed by atoms with Gasteiger partial charge in [-0.15, -0.1) is 0 Å². The van der Waals surface area contributed by atoms with Gasteiger partial charge in [0.05, 0.1) is 20.1 Å². The second-order valence-electron chi connectivity index (χ2n) is 3.52. The predicted octanol–water partition coefficient (Wildman–Crippen LogP) is 2.47. The van der Waals surface area contributed by atoms with Gasteiger partial charge in [0, 0.05) is 5.56 Å². The van der Waals surface area contributed by atoms with Gasteiger partial charge in [-0.25, -0.2) is 0 Å². The Balaban J connectivity index is 2.78. The van der Waals surface area contributed by atoms with Crippen molar-refractivity contribution in [3.63, 3.8) is 0 Å². The molecule has 0 fully saturated rings. The highest BCUT2D eigenvalue weighted by Gasteiger charge is 2.01. The van der Waals surface area contributed by atoms with E-state index >= 15 is 0 Å². The maximum Gasteiger partial charge on any atom is 0.309 e. The van der Waals surface area contributed by atoms with Gasteiger partial charge in [-0.2, -0.15) is 0 Å². The Labute approximate surface area is 106 Å². The number of hydrogen-bond donors (Lipinski definition) is 0. The molecule has 0 aliphatic carbocycles. The van der Waals surface area contributed by atoms with E-state index in [1.54, 1.807) is 44.4 Å². The molecule has 0 heterocycles. The summed E-state index contributed by atoms with van der Waals surface area (Å²) in [5, 5.41) is 0. The molecule has 0 aromatic heterocycles. The molecule has 0 N–H and O–H groups in total. The molecule has 96 valence electrons. The number of ether oxygens (including phenoxy) is 2.